The second kappa shape index (κ2) is 14.1. The summed E-state index contributed by atoms with van der Waals surface area (Å²) < 4.78 is 41.6. The first-order valence-corrected chi connectivity index (χ1v) is 14.2. The number of carbonyl (C=O) groups excluding carboxylic acids is 1. The SMILES string of the molecule is C=C(c1nnn(-c2c(F)cccc2F)c1CCCCOC)N(CC(C)C)[C@@H]1CNC[C@H](C(=O)N2CCOCC2)C1. The summed E-state index contributed by atoms with van der Waals surface area (Å²) in [4.78, 5) is 17.4. The summed E-state index contributed by atoms with van der Waals surface area (Å²) in [7, 11) is 1.65. The molecule has 0 spiro atoms. The van der Waals surface area contributed by atoms with Crippen LogP contribution in [0.1, 0.15) is 44.5 Å². The van der Waals surface area contributed by atoms with Crippen molar-refractivity contribution >= 4 is 11.6 Å². The van der Waals surface area contributed by atoms with Gasteiger partial charge in [0.15, 0.2) is 11.6 Å². The van der Waals surface area contributed by atoms with Gasteiger partial charge < -0.3 is 24.6 Å². The van der Waals surface area contributed by atoms with Gasteiger partial charge in [0.1, 0.15) is 11.4 Å². The Labute approximate surface area is 235 Å². The molecule has 2 atom stereocenters. The molecule has 2 aliphatic rings. The van der Waals surface area contributed by atoms with E-state index < -0.39 is 11.6 Å². The molecule has 0 unspecified atom stereocenters. The zero-order valence-electron chi connectivity index (χ0n) is 23.9. The number of piperidine rings is 1. The van der Waals surface area contributed by atoms with Crippen LogP contribution in [0.2, 0.25) is 0 Å². The van der Waals surface area contributed by atoms with Crippen LogP contribution < -0.4 is 5.32 Å². The number of rotatable bonds is 12. The number of methoxy groups -OCH3 is 1. The summed E-state index contributed by atoms with van der Waals surface area (Å²) in [6, 6.07) is 3.76. The van der Waals surface area contributed by atoms with E-state index in [1.807, 2.05) is 4.90 Å². The second-order valence-corrected chi connectivity index (χ2v) is 11.0. The standard InChI is InChI=1S/C29H42F2N6O3/c1-20(2)19-36(23-16-22(17-32-18-23)29(38)35-11-14-40-15-12-35)21(3)27-26(10-5-6-13-39-4)37(34-33-27)28-24(30)8-7-9-25(28)31/h7-9,20,22-23,32H,3,5-6,10-19H2,1-2,4H3/t22-,23+/m1/s1. The van der Waals surface area contributed by atoms with Crippen LogP contribution >= 0.6 is 0 Å². The number of aromatic nitrogens is 3. The van der Waals surface area contributed by atoms with Gasteiger partial charge in [-0.1, -0.05) is 31.7 Å². The lowest BCUT2D eigenvalue weighted by molar-refractivity contribution is -0.140. The highest BCUT2D eigenvalue weighted by Gasteiger charge is 2.35. The third-order valence-corrected chi connectivity index (χ3v) is 7.55. The number of nitrogens with one attached hydrogen (secondary N) is 1. The maximum absolute atomic E-state index is 14.8. The number of benzene rings is 1. The van der Waals surface area contributed by atoms with Crippen LogP contribution in [0, 0.1) is 23.5 Å². The molecule has 0 radical (unpaired) electrons. The third-order valence-electron chi connectivity index (χ3n) is 7.55. The van der Waals surface area contributed by atoms with Crippen molar-refractivity contribution in [3.05, 3.63) is 47.8 Å². The van der Waals surface area contributed by atoms with Gasteiger partial charge in [-0.05, 0) is 43.7 Å². The lowest BCUT2D eigenvalue weighted by Crippen LogP contribution is -2.54. The van der Waals surface area contributed by atoms with Gasteiger partial charge in [-0.25, -0.2) is 13.5 Å². The van der Waals surface area contributed by atoms with E-state index in [9.17, 15) is 13.6 Å². The quantitative estimate of drug-likeness (QED) is 0.399. The first-order valence-electron chi connectivity index (χ1n) is 14.2. The Kier molecular flexibility index (Phi) is 10.6. The van der Waals surface area contributed by atoms with Crippen molar-refractivity contribution in [3.8, 4) is 5.69 Å². The molecule has 11 heteroatoms. The van der Waals surface area contributed by atoms with Crippen LogP contribution in [0.5, 0.6) is 0 Å². The Hall–Kier alpha value is -2.89. The van der Waals surface area contributed by atoms with Gasteiger partial charge in [-0.2, -0.15) is 0 Å². The molecule has 2 aromatic rings. The van der Waals surface area contributed by atoms with E-state index in [0.29, 0.717) is 88.4 Å². The number of morpholine rings is 1. The zero-order valence-corrected chi connectivity index (χ0v) is 23.9. The fourth-order valence-electron chi connectivity index (χ4n) is 5.56. The highest BCUT2D eigenvalue weighted by Crippen LogP contribution is 2.30. The average molecular weight is 561 g/mol. The van der Waals surface area contributed by atoms with Crippen LogP contribution in [-0.2, 0) is 20.7 Å². The normalized spacial score (nSPS) is 19.7. The Morgan fingerprint density at radius 1 is 1.23 bits per heavy atom. The maximum Gasteiger partial charge on any atom is 0.227 e. The second-order valence-electron chi connectivity index (χ2n) is 11.0. The van der Waals surface area contributed by atoms with E-state index in [1.165, 1.54) is 22.9 Å². The molecule has 0 bridgehead atoms. The van der Waals surface area contributed by atoms with E-state index in [-0.39, 0.29) is 23.6 Å². The molecule has 40 heavy (non-hydrogen) atoms. The molecule has 3 heterocycles. The van der Waals surface area contributed by atoms with Gasteiger partial charge in [-0.15, -0.1) is 5.10 Å². The van der Waals surface area contributed by atoms with Gasteiger partial charge in [0.2, 0.25) is 5.91 Å². The minimum absolute atomic E-state index is 0.00432. The van der Waals surface area contributed by atoms with Crippen molar-refractivity contribution in [1.29, 1.82) is 0 Å². The molecular formula is C29H42F2N6O3. The van der Waals surface area contributed by atoms with Gasteiger partial charge >= 0.3 is 0 Å². The lowest BCUT2D eigenvalue weighted by atomic mass is 9.92. The molecule has 1 aromatic heterocycles. The number of unbranched alkanes of at least 4 members (excludes halogenated alkanes) is 1. The van der Waals surface area contributed by atoms with Crippen LogP contribution in [-0.4, -0.2) is 96.4 Å². The summed E-state index contributed by atoms with van der Waals surface area (Å²) in [5.41, 5.74) is 1.51. The van der Waals surface area contributed by atoms with Crippen molar-refractivity contribution in [2.45, 2.75) is 45.6 Å². The van der Waals surface area contributed by atoms with Crippen molar-refractivity contribution < 1.29 is 23.0 Å². The molecule has 1 amide bonds. The van der Waals surface area contributed by atoms with Crippen molar-refractivity contribution in [3.63, 3.8) is 0 Å². The molecule has 2 fully saturated rings. The number of amides is 1. The highest BCUT2D eigenvalue weighted by atomic mass is 19.1. The van der Waals surface area contributed by atoms with Crippen LogP contribution in [0.3, 0.4) is 0 Å². The Morgan fingerprint density at radius 2 is 1.95 bits per heavy atom. The van der Waals surface area contributed by atoms with Gasteiger partial charge in [0.05, 0.1) is 30.5 Å². The zero-order chi connectivity index (χ0) is 28.6. The molecule has 0 aliphatic carbocycles. The summed E-state index contributed by atoms with van der Waals surface area (Å²) in [6.45, 7) is 13.6. The Morgan fingerprint density at radius 3 is 2.62 bits per heavy atom. The smallest absolute Gasteiger partial charge is 0.227 e. The van der Waals surface area contributed by atoms with Gasteiger partial charge in [0.25, 0.3) is 0 Å². The third kappa shape index (κ3) is 7.05. The minimum Gasteiger partial charge on any atom is -0.385 e. The maximum atomic E-state index is 14.8. The number of nitrogens with zero attached hydrogens (tertiary/aromatic N) is 5. The fraction of sp³-hybridized carbons (Fsp3) is 0.621. The summed E-state index contributed by atoms with van der Waals surface area (Å²) >= 11 is 0. The largest absolute Gasteiger partial charge is 0.385 e. The number of carbonyl (C=O) groups is 1. The number of hydrogen-bond donors (Lipinski definition) is 1. The Bertz CT molecular complexity index is 1130. The molecule has 4 rings (SSSR count). The molecule has 1 aromatic carbocycles. The number of halogens is 2. The predicted octanol–water partition coefficient (Wildman–Crippen LogP) is 3.28. The number of ether oxygens (including phenoxy) is 2. The number of para-hydroxylation sites is 1. The lowest BCUT2D eigenvalue weighted by Gasteiger charge is -2.41. The molecular weight excluding hydrogens is 518 g/mol. The molecule has 1 N–H and O–H groups in total. The first-order chi connectivity index (χ1) is 19.3. The fourth-order valence-corrected chi connectivity index (χ4v) is 5.56. The monoisotopic (exact) mass is 560 g/mol. The van der Waals surface area contributed by atoms with E-state index in [4.69, 9.17) is 9.47 Å². The average Bonchev–Trinajstić information content (AvgIpc) is 3.37. The van der Waals surface area contributed by atoms with Crippen molar-refractivity contribution in [2.75, 3.05) is 59.7 Å². The molecule has 2 aliphatic heterocycles. The molecule has 220 valence electrons. The molecule has 0 saturated carbocycles. The number of hydrogen-bond acceptors (Lipinski definition) is 7. The first kappa shape index (κ1) is 30.1. The Balaban J connectivity index is 1.63. The summed E-state index contributed by atoms with van der Waals surface area (Å²) in [5, 5.41) is 12.1. The molecule has 2 saturated heterocycles. The van der Waals surface area contributed by atoms with Crippen LogP contribution in [0.15, 0.2) is 24.8 Å². The summed E-state index contributed by atoms with van der Waals surface area (Å²) in [5.74, 6) is -1.12. The topological polar surface area (TPSA) is 84.8 Å². The van der Waals surface area contributed by atoms with Gasteiger partial charge in [0, 0.05) is 52.5 Å². The van der Waals surface area contributed by atoms with Crippen molar-refractivity contribution in [2.24, 2.45) is 11.8 Å². The van der Waals surface area contributed by atoms with Crippen LogP contribution in [0.4, 0.5) is 8.78 Å². The summed E-state index contributed by atoms with van der Waals surface area (Å²) in [6.07, 6.45) is 2.67. The highest BCUT2D eigenvalue weighted by molar-refractivity contribution is 5.79. The minimum atomic E-state index is -0.708. The van der Waals surface area contributed by atoms with Crippen LogP contribution in [0.25, 0.3) is 11.4 Å². The van der Waals surface area contributed by atoms with E-state index in [0.717, 1.165) is 12.8 Å². The molecule has 9 nitrogen and oxygen atoms in total. The van der Waals surface area contributed by atoms with Gasteiger partial charge in [-0.3, -0.25) is 4.79 Å². The van der Waals surface area contributed by atoms with E-state index in [2.05, 4.69) is 41.0 Å². The van der Waals surface area contributed by atoms with E-state index in [1.54, 1.807) is 7.11 Å². The predicted molar refractivity (Wildman–Crippen MR) is 149 cm³/mol. The van der Waals surface area contributed by atoms with Crippen molar-refractivity contribution in [1.82, 2.24) is 30.1 Å². The van der Waals surface area contributed by atoms with E-state index >= 15 is 0 Å².